The van der Waals surface area contributed by atoms with Gasteiger partial charge in [0.25, 0.3) is 0 Å². The number of aliphatic hydroxyl groups is 7. The van der Waals surface area contributed by atoms with E-state index in [1.54, 1.807) is 43.4 Å². The lowest BCUT2D eigenvalue weighted by Gasteiger charge is -2.23. The predicted molar refractivity (Wildman–Crippen MR) is 525 cm³/mol. The molecule has 0 spiro atoms. The molecule has 684 valence electrons. The Labute approximate surface area is 764 Å². The number of aromatic nitrogens is 14. The van der Waals surface area contributed by atoms with Crippen molar-refractivity contribution in [2.75, 3.05) is 51.2 Å². The van der Waals surface area contributed by atoms with Crippen LogP contribution < -0.4 is 38.0 Å². The van der Waals surface area contributed by atoms with Crippen LogP contribution in [-0.2, 0) is 0 Å². The molecule has 7 atom stereocenters. The number of benzene rings is 7. The summed E-state index contributed by atoms with van der Waals surface area (Å²) in [5, 5.41) is 165. The fraction of sp³-hybridized carbons (Fsp3) is 0.351. The van der Waals surface area contributed by atoms with Gasteiger partial charge in [-0.3, -0.25) is 38.0 Å². The van der Waals surface area contributed by atoms with Gasteiger partial charge in [0.1, 0.15) is 18.3 Å². The van der Waals surface area contributed by atoms with E-state index in [0.717, 1.165) is 186 Å². The fourth-order valence-electron chi connectivity index (χ4n) is 14.9. The van der Waals surface area contributed by atoms with Crippen LogP contribution in [0, 0.1) is 17.8 Å². The number of hydrogen-bond donors (Lipinski definition) is 14. The first kappa shape index (κ1) is 95.5. The van der Waals surface area contributed by atoms with Crippen LogP contribution in [0.1, 0.15) is 156 Å². The average molecular weight is 1780 g/mol. The average Bonchev–Trinajstić information content (AvgIpc) is 1.25. The normalized spacial score (nSPS) is 17.6. The Bertz CT molecular complexity index is 6210. The summed E-state index contributed by atoms with van der Waals surface area (Å²) in [6.07, 6.45) is 31.2. The largest absolute Gasteiger partial charge is 0.394 e. The number of nitrogens with zero attached hydrogens (tertiary/aromatic N) is 21. The molecule has 35 heteroatoms. The molecule has 0 aliphatic heterocycles. The van der Waals surface area contributed by atoms with Crippen molar-refractivity contribution in [1.29, 1.82) is 0 Å². The molecule has 0 amide bonds. The van der Waals surface area contributed by atoms with E-state index in [2.05, 4.69) is 166 Å². The third kappa shape index (κ3) is 28.7. The molecule has 5 saturated carbocycles. The number of fused-ring (bicyclic) bond motifs is 7. The van der Waals surface area contributed by atoms with E-state index < -0.39 is 43.7 Å². The van der Waals surface area contributed by atoms with E-state index in [9.17, 15) is 25.5 Å². The van der Waals surface area contributed by atoms with Crippen LogP contribution in [0.3, 0.4) is 0 Å². The van der Waals surface area contributed by atoms with Gasteiger partial charge < -0.3 is 35.7 Å². The first-order chi connectivity index (χ1) is 64.7. The van der Waals surface area contributed by atoms with Crippen molar-refractivity contribution in [3.63, 3.8) is 0 Å². The van der Waals surface area contributed by atoms with Gasteiger partial charge in [0.2, 0.25) is 0 Å². The minimum Gasteiger partial charge on any atom is -0.394 e. The summed E-state index contributed by atoms with van der Waals surface area (Å²) in [5.41, 5.74) is 26.9. The molecule has 5 aliphatic rings. The molecule has 7 aromatic heterocycles. The van der Waals surface area contributed by atoms with Crippen molar-refractivity contribution in [3.05, 3.63) is 213 Å². The first-order valence-corrected chi connectivity index (χ1v) is 44.9. The number of anilines is 7. The van der Waals surface area contributed by atoms with Crippen LogP contribution in [0.2, 0.25) is 0 Å². The minimum absolute atomic E-state index is 0.00339. The topological polar surface area (TPSA) is 493 Å². The molecule has 132 heavy (non-hydrogen) atoms. The van der Waals surface area contributed by atoms with E-state index in [1.165, 1.54) is 98.8 Å². The quantitative estimate of drug-likeness (QED) is 0.0161. The Hall–Kier alpha value is -14.1. The van der Waals surface area contributed by atoms with Gasteiger partial charge in [-0.1, -0.05) is 216 Å². The lowest BCUT2D eigenvalue weighted by Crippen LogP contribution is -2.39. The molecule has 7 heterocycles. The molecule has 0 bridgehead atoms. The van der Waals surface area contributed by atoms with Crippen molar-refractivity contribution < 1.29 is 35.7 Å². The number of hydrazone groups is 7. The molecular formula is C97H114N28O7. The molecule has 14 N–H and O–H groups in total. The van der Waals surface area contributed by atoms with E-state index >= 15 is 0 Å². The number of aliphatic hydroxyl groups excluding tert-OH is 7. The Balaban J connectivity index is 0.000000131. The standard InChI is InChI=1S/C16H20N4.C15H18N4.C14H18N4O4.C14H16N4.C13H16N4O3.C13H14N4.C12H12N4/c1-12-6-2-4-8-14(10-12)18-20-16-15-9-5-3-7-13(15)11-17-19-16;1-2-4-9-13(8-3-1)17-19-15-14-10-6-5-7-12(14)11-16-18-15;19-8-12(21)13(22)11(20)5-6-15-17-14-10-4-2-1-3-9(10)7-16-18-14;1-10-6-7-12(8-10)16-18-14-13-5-3-2-4-11(13)9-15-17-14;18-8-12(20)11(19)5-6-14-16-13-10-4-2-1-3-9(10)7-15-17-13;1-9-6-11(7-9)15-17-13-12-5-3-2-4-10(12)8-14-16-13;1-2-7-11-9(4-1)8-13-15-12(11)16-14-10-5-3-6-10/h3,5,7,9,11-12H,2,4,6,8,10H2,1H3,(H,19,20);5-7,10-11H,1-4,8-9H2,(H,18,19);1-4,6-7,11-13,19-22H,5,8H2,(H,17,18);2-5,9-10H,6-8H2,1H3,(H,17,18);1-4,6-7,11-12,18-20H,5,8H2,(H,16,17);2-5,8-9H,6-7H2,1H3,(H,16,17);1-2,4,7-8H,3,5-6H2,(H,15,16)/b18-14+;;15-6+;16-12+;14-6+;;. The molecule has 14 aromatic rings. The molecule has 7 aromatic carbocycles. The molecule has 35 nitrogen and oxygen atoms in total. The Kier molecular flexibility index (Phi) is 36.7. The van der Waals surface area contributed by atoms with Gasteiger partial charge in [-0.15, -0.1) is 35.7 Å². The Morgan fingerprint density at radius 1 is 0.280 bits per heavy atom. The van der Waals surface area contributed by atoms with E-state index in [0.29, 0.717) is 11.6 Å². The zero-order chi connectivity index (χ0) is 91.9. The first-order valence-electron chi connectivity index (χ1n) is 44.9. The summed E-state index contributed by atoms with van der Waals surface area (Å²) in [6.45, 7) is 5.69. The number of hydrogen-bond acceptors (Lipinski definition) is 35. The van der Waals surface area contributed by atoms with Crippen molar-refractivity contribution in [2.24, 2.45) is 53.5 Å². The highest BCUT2D eigenvalue weighted by Crippen LogP contribution is 2.30. The zero-order valence-electron chi connectivity index (χ0n) is 74.3. The van der Waals surface area contributed by atoms with Crippen LogP contribution in [0.15, 0.2) is 249 Å². The molecule has 19 rings (SSSR count). The highest BCUT2D eigenvalue weighted by molar-refractivity contribution is 5.98. The van der Waals surface area contributed by atoms with Crippen molar-refractivity contribution in [2.45, 2.75) is 186 Å². The van der Waals surface area contributed by atoms with E-state index in [-0.39, 0.29) is 12.8 Å². The zero-order valence-corrected chi connectivity index (χ0v) is 74.3. The highest BCUT2D eigenvalue weighted by Gasteiger charge is 2.25. The molecule has 0 saturated heterocycles. The summed E-state index contributed by atoms with van der Waals surface area (Å²) in [5.74, 6) is 6.93. The molecule has 0 radical (unpaired) electrons. The Morgan fingerprint density at radius 3 is 0.848 bits per heavy atom. The van der Waals surface area contributed by atoms with Gasteiger partial charge in [0.15, 0.2) is 40.7 Å². The Morgan fingerprint density at radius 2 is 0.545 bits per heavy atom. The van der Waals surface area contributed by atoms with Gasteiger partial charge in [-0.05, 0) is 114 Å². The third-order valence-electron chi connectivity index (χ3n) is 22.7. The minimum atomic E-state index is -1.44. The van der Waals surface area contributed by atoms with Gasteiger partial charge in [0.05, 0.1) is 68.8 Å². The van der Waals surface area contributed by atoms with Crippen molar-refractivity contribution >= 4 is 157 Å². The maximum absolute atomic E-state index is 9.62. The van der Waals surface area contributed by atoms with Crippen LogP contribution >= 0.6 is 0 Å². The summed E-state index contributed by atoms with van der Waals surface area (Å²) in [6, 6.07) is 55.4. The summed E-state index contributed by atoms with van der Waals surface area (Å²) in [7, 11) is 0. The van der Waals surface area contributed by atoms with Crippen LogP contribution in [-0.4, -0.2) is 192 Å². The van der Waals surface area contributed by atoms with E-state index in [4.69, 9.17) is 10.2 Å². The second kappa shape index (κ2) is 50.8. The second-order valence-electron chi connectivity index (χ2n) is 33.0. The maximum Gasteiger partial charge on any atom is 0.176 e. The number of nitrogens with one attached hydrogen (secondary N) is 7. The lowest BCUT2D eigenvalue weighted by molar-refractivity contribution is -0.0732. The fourth-order valence-corrected chi connectivity index (χ4v) is 14.9. The monoisotopic (exact) mass is 1780 g/mol. The number of rotatable bonds is 23. The van der Waals surface area contributed by atoms with Crippen LogP contribution in [0.4, 0.5) is 40.7 Å². The van der Waals surface area contributed by atoms with Crippen molar-refractivity contribution in [1.82, 2.24) is 71.4 Å². The summed E-state index contributed by atoms with van der Waals surface area (Å²) < 4.78 is 0. The van der Waals surface area contributed by atoms with Gasteiger partial charge in [0, 0.05) is 129 Å². The highest BCUT2D eigenvalue weighted by atomic mass is 16.4. The van der Waals surface area contributed by atoms with Crippen LogP contribution in [0.5, 0.6) is 0 Å². The van der Waals surface area contributed by atoms with Gasteiger partial charge in [-0.2, -0.15) is 71.4 Å². The second-order valence-corrected chi connectivity index (χ2v) is 33.0. The predicted octanol–water partition coefficient (Wildman–Crippen LogP) is 16.0. The van der Waals surface area contributed by atoms with Crippen LogP contribution in [0.25, 0.3) is 75.4 Å². The molecule has 5 aliphatic carbocycles. The summed E-state index contributed by atoms with van der Waals surface area (Å²) in [4.78, 5) is 0. The van der Waals surface area contributed by atoms with E-state index in [1.807, 2.05) is 170 Å². The van der Waals surface area contributed by atoms with Crippen molar-refractivity contribution in [3.8, 4) is 0 Å². The van der Waals surface area contributed by atoms with Gasteiger partial charge >= 0.3 is 0 Å². The third-order valence-corrected chi connectivity index (χ3v) is 22.7. The molecular weight excluding hydrogens is 1670 g/mol. The SMILES string of the molecule is CC1CC(=NNc2nncc3ccccc23)C1.CC1CC/C(=N\Nc2nncc3ccccc23)C1.CC1CCCC/C(=N\Nc2nncc3ccccc23)C1.OCC(O)C(O)C(O)C/C=N/Nc1nncc2ccccc12.OCC(O)C(O)C/C=N/Nc1nncc2ccccc12.c1ccc2c(NN=C3CCC3)nncc2c1.c1ccc2c(NN=C3CCCCCC3)nncc2c1. The maximum atomic E-state index is 9.62. The van der Waals surface area contributed by atoms with Gasteiger partial charge in [-0.25, -0.2) is 0 Å². The summed E-state index contributed by atoms with van der Waals surface area (Å²) >= 11 is 0. The molecule has 7 unspecified atom stereocenters. The lowest BCUT2D eigenvalue weighted by atomic mass is 9.85. The smallest absolute Gasteiger partial charge is 0.176 e. The molecule has 5 fully saturated rings.